The van der Waals surface area contributed by atoms with Gasteiger partial charge in [-0.15, -0.1) is 24.1 Å². The predicted molar refractivity (Wildman–Crippen MR) is 127 cm³/mol. The Kier molecular flexibility index (Phi) is 6.53. The van der Waals surface area contributed by atoms with Crippen LogP contribution in [0.1, 0.15) is 24.8 Å². The number of carbonyl (C=O) groups excluding carboxylic acids is 1. The highest BCUT2D eigenvalue weighted by atomic mass is 32.2. The minimum atomic E-state index is -0.371. The maximum Gasteiger partial charge on any atom is 0.238 e. The van der Waals surface area contributed by atoms with Crippen LogP contribution in [-0.4, -0.2) is 61.4 Å². The molecule has 1 fully saturated rings. The molecule has 3 atom stereocenters. The van der Waals surface area contributed by atoms with Gasteiger partial charge in [-0.3, -0.25) is 9.69 Å². The van der Waals surface area contributed by atoms with Gasteiger partial charge in [0, 0.05) is 41.8 Å². The van der Waals surface area contributed by atoms with Gasteiger partial charge in [0.05, 0.1) is 6.04 Å². The van der Waals surface area contributed by atoms with E-state index in [2.05, 4.69) is 31.1 Å². The van der Waals surface area contributed by atoms with E-state index < -0.39 is 0 Å². The summed E-state index contributed by atoms with van der Waals surface area (Å²) in [6.07, 6.45) is 7.39. The van der Waals surface area contributed by atoms with Crippen LogP contribution in [0.2, 0.25) is 0 Å². The SMILES string of the molecule is C#CCCC1(CCNC(=O)[C@H]2CS[C@@H](S3=CSC(c4ccccc4O)=N3)N2C)N=N1. The minimum absolute atomic E-state index is 0.0283. The monoisotopic (exact) mass is 461 g/mol. The number of benzene rings is 1. The Hall–Kier alpha value is -1.80. The molecular weight excluding hydrogens is 438 g/mol. The number of amides is 1. The highest BCUT2D eigenvalue weighted by Crippen LogP contribution is 2.45. The van der Waals surface area contributed by atoms with Crippen LogP contribution < -0.4 is 5.32 Å². The van der Waals surface area contributed by atoms with E-state index in [1.807, 2.05) is 19.2 Å². The first-order chi connectivity index (χ1) is 14.5. The fourth-order valence-corrected chi connectivity index (χ4v) is 8.68. The first-order valence-corrected chi connectivity index (χ1v) is 12.8. The van der Waals surface area contributed by atoms with E-state index in [4.69, 9.17) is 10.8 Å². The minimum Gasteiger partial charge on any atom is -0.507 e. The van der Waals surface area contributed by atoms with Crippen LogP contribution in [0.4, 0.5) is 0 Å². The molecule has 3 aliphatic heterocycles. The van der Waals surface area contributed by atoms with Gasteiger partial charge in [-0.25, -0.2) is 4.40 Å². The van der Waals surface area contributed by atoms with Gasteiger partial charge >= 0.3 is 0 Å². The van der Waals surface area contributed by atoms with Gasteiger partial charge in [0.1, 0.15) is 15.5 Å². The summed E-state index contributed by atoms with van der Waals surface area (Å²) >= 11 is 3.30. The molecule has 0 bridgehead atoms. The molecule has 0 aliphatic carbocycles. The Bertz CT molecular complexity index is 965. The average Bonchev–Trinajstić information content (AvgIpc) is 3.15. The second kappa shape index (κ2) is 9.14. The number of nitrogens with one attached hydrogen (secondary N) is 1. The molecule has 7 nitrogen and oxygen atoms in total. The van der Waals surface area contributed by atoms with Crippen LogP contribution in [0, 0.1) is 12.3 Å². The van der Waals surface area contributed by atoms with Crippen molar-refractivity contribution in [1.82, 2.24) is 10.2 Å². The summed E-state index contributed by atoms with van der Waals surface area (Å²) in [5.74, 6) is 3.61. The quantitative estimate of drug-likeness (QED) is 0.458. The average molecular weight is 462 g/mol. The lowest BCUT2D eigenvalue weighted by molar-refractivity contribution is -0.124. The molecule has 3 aliphatic rings. The number of rotatable bonds is 8. The molecule has 2 N–H and O–H groups in total. The van der Waals surface area contributed by atoms with Crippen molar-refractivity contribution in [3.8, 4) is 18.1 Å². The largest absolute Gasteiger partial charge is 0.507 e. The fourth-order valence-electron chi connectivity index (χ4n) is 3.32. The van der Waals surface area contributed by atoms with Crippen LogP contribution in [-0.2, 0) is 4.79 Å². The van der Waals surface area contributed by atoms with Gasteiger partial charge in [0.15, 0.2) is 5.66 Å². The third-order valence-electron chi connectivity index (χ3n) is 5.19. The molecule has 30 heavy (non-hydrogen) atoms. The van der Waals surface area contributed by atoms with E-state index in [0.717, 1.165) is 22.8 Å². The smallest absolute Gasteiger partial charge is 0.238 e. The highest BCUT2D eigenvalue weighted by molar-refractivity contribution is 8.43. The normalized spacial score (nSPS) is 26.7. The molecule has 1 amide bonds. The summed E-state index contributed by atoms with van der Waals surface area (Å²) < 4.78 is 7.06. The van der Waals surface area contributed by atoms with E-state index in [1.165, 1.54) is 0 Å². The lowest BCUT2D eigenvalue weighted by Gasteiger charge is -2.24. The molecule has 0 spiro atoms. The van der Waals surface area contributed by atoms with Crippen LogP contribution in [0.15, 0.2) is 38.9 Å². The topological polar surface area (TPSA) is 89.6 Å². The van der Waals surface area contributed by atoms with Crippen LogP contribution in [0.5, 0.6) is 5.75 Å². The maximum atomic E-state index is 12.7. The predicted octanol–water partition coefficient (Wildman–Crippen LogP) is 3.24. The number of aromatic hydroxyl groups is 1. The number of nitrogens with zero attached hydrogens (tertiary/aromatic N) is 4. The summed E-state index contributed by atoms with van der Waals surface area (Å²) in [7, 11) is 1.63. The molecule has 0 saturated carbocycles. The molecule has 0 aromatic heterocycles. The lowest BCUT2D eigenvalue weighted by Crippen LogP contribution is -2.45. The number of phenols is 1. The number of hydrogen-bond acceptors (Lipinski definition) is 8. The van der Waals surface area contributed by atoms with E-state index >= 15 is 0 Å². The summed E-state index contributed by atoms with van der Waals surface area (Å²) in [4.78, 5) is 14.8. The molecule has 1 aromatic carbocycles. The number of carbonyl (C=O) groups is 1. The van der Waals surface area contributed by atoms with Crippen molar-refractivity contribution in [2.24, 2.45) is 14.6 Å². The Labute approximate surface area is 187 Å². The first-order valence-electron chi connectivity index (χ1n) is 9.61. The van der Waals surface area contributed by atoms with Crippen molar-refractivity contribution in [1.29, 1.82) is 0 Å². The molecule has 3 heterocycles. The van der Waals surface area contributed by atoms with Crippen molar-refractivity contribution < 1.29 is 9.90 Å². The molecular formula is C20H23N5O2S3. The maximum absolute atomic E-state index is 12.7. The van der Waals surface area contributed by atoms with Crippen molar-refractivity contribution in [2.75, 3.05) is 19.3 Å². The first kappa shape index (κ1) is 21.4. The van der Waals surface area contributed by atoms with Crippen molar-refractivity contribution >= 4 is 49.8 Å². The standard InChI is InChI=1S/C20H23N5O2S3/c1-3-4-9-20(23-24-20)10-11-21-17(27)15-12-28-19(25(15)2)30-13-29-18(22-30)14-7-5-6-8-16(14)26/h1,5-8,13,15,19,26H,4,9-12H2,2H3,(H,21,27)/t15-,19+,30?/m1/s1. The molecule has 1 unspecified atom stereocenters. The number of likely N-dealkylation sites (N-methyl/N-ethyl adjacent to an activating group) is 1. The summed E-state index contributed by atoms with van der Waals surface area (Å²) in [5.41, 5.74) is 0.382. The fraction of sp³-hybridized carbons (Fsp3) is 0.450. The van der Waals surface area contributed by atoms with Gasteiger partial charge in [-0.05, 0) is 29.9 Å². The third-order valence-corrected chi connectivity index (χ3v) is 10.3. The zero-order valence-corrected chi connectivity index (χ0v) is 19.0. The summed E-state index contributed by atoms with van der Waals surface area (Å²) in [6.45, 7) is 0.541. The molecule has 10 heteroatoms. The second-order valence-electron chi connectivity index (χ2n) is 7.22. The molecule has 4 rings (SSSR count). The third kappa shape index (κ3) is 4.59. The Morgan fingerprint density at radius 3 is 2.97 bits per heavy atom. The van der Waals surface area contributed by atoms with E-state index in [0.29, 0.717) is 19.4 Å². The number of terminal acetylenes is 1. The molecule has 0 radical (unpaired) electrons. The molecule has 1 saturated heterocycles. The Morgan fingerprint density at radius 1 is 1.43 bits per heavy atom. The number of thioether (sulfide) groups is 2. The second-order valence-corrected chi connectivity index (χ2v) is 11.4. The van der Waals surface area contributed by atoms with Gasteiger partial charge in [-0.1, -0.05) is 23.9 Å². The van der Waals surface area contributed by atoms with Gasteiger partial charge < -0.3 is 10.4 Å². The summed E-state index contributed by atoms with van der Waals surface area (Å²) in [5, 5.41) is 22.2. The van der Waals surface area contributed by atoms with Crippen molar-refractivity contribution in [3.05, 3.63) is 29.8 Å². The van der Waals surface area contributed by atoms with Gasteiger partial charge in [0.2, 0.25) is 5.91 Å². The van der Waals surface area contributed by atoms with Crippen LogP contribution in [0.25, 0.3) is 0 Å². The lowest BCUT2D eigenvalue weighted by atomic mass is 10.0. The number of hydrogen-bond donors (Lipinski definition) is 2. The van der Waals surface area contributed by atoms with E-state index in [-0.39, 0.29) is 38.7 Å². The van der Waals surface area contributed by atoms with Crippen LogP contribution >= 0.6 is 34.2 Å². The zero-order chi connectivity index (χ0) is 21.1. The number of phenolic OH excluding ortho intramolecular Hbond substituents is 1. The van der Waals surface area contributed by atoms with Gasteiger partial charge in [-0.2, -0.15) is 10.2 Å². The Morgan fingerprint density at radius 2 is 2.23 bits per heavy atom. The van der Waals surface area contributed by atoms with E-state index in [9.17, 15) is 9.90 Å². The highest BCUT2D eigenvalue weighted by Gasteiger charge is 2.41. The van der Waals surface area contributed by atoms with Crippen LogP contribution in [0.3, 0.4) is 0 Å². The zero-order valence-electron chi connectivity index (χ0n) is 16.5. The van der Waals surface area contributed by atoms with Crippen molar-refractivity contribution in [2.45, 2.75) is 35.7 Å². The molecule has 1 aromatic rings. The Balaban J connectivity index is 1.31. The number of para-hydroxylation sites is 1. The summed E-state index contributed by atoms with van der Waals surface area (Å²) in [6, 6.07) is 7.05. The van der Waals surface area contributed by atoms with E-state index in [1.54, 1.807) is 35.7 Å². The van der Waals surface area contributed by atoms with Crippen molar-refractivity contribution in [3.63, 3.8) is 0 Å². The molecule has 158 valence electrons. The van der Waals surface area contributed by atoms with Gasteiger partial charge in [0.25, 0.3) is 0 Å².